The van der Waals surface area contributed by atoms with Crippen LogP contribution in [-0.2, 0) is 0 Å². The second kappa shape index (κ2) is 5.03. The molecule has 0 spiro atoms. The van der Waals surface area contributed by atoms with Crippen LogP contribution < -0.4 is 0 Å². The molecule has 0 fully saturated rings. The molecule has 0 amide bonds. The van der Waals surface area contributed by atoms with Crippen LogP contribution in [0.4, 0.5) is 0 Å². The molecule has 0 aromatic heterocycles. The molecule has 0 saturated heterocycles. The second-order valence-corrected chi connectivity index (χ2v) is 4.96. The van der Waals surface area contributed by atoms with Gasteiger partial charge in [0, 0.05) is 9.37 Å². The lowest BCUT2D eigenvalue weighted by molar-refractivity contribution is 0.199. The highest BCUT2D eigenvalue weighted by Crippen LogP contribution is 2.29. The van der Waals surface area contributed by atoms with Crippen molar-refractivity contribution in [1.82, 2.24) is 0 Å². The number of aliphatic hydroxyl groups is 1. The minimum Gasteiger partial charge on any atom is -0.389 e. The third kappa shape index (κ3) is 3.01. The van der Waals surface area contributed by atoms with Gasteiger partial charge in [0.15, 0.2) is 0 Å². The average molecular weight is 261 g/mol. The van der Waals surface area contributed by atoms with E-state index in [0.29, 0.717) is 0 Å². The number of aliphatic hydroxyl groups excluding tert-OH is 1. The summed E-state index contributed by atoms with van der Waals surface area (Å²) in [6.07, 6.45) is -0.392. The van der Waals surface area contributed by atoms with Crippen molar-refractivity contribution in [3.8, 4) is 0 Å². The van der Waals surface area contributed by atoms with Gasteiger partial charge in [0.05, 0.1) is 6.10 Å². The van der Waals surface area contributed by atoms with Gasteiger partial charge in [0.25, 0.3) is 0 Å². The molecule has 0 aliphatic heterocycles. The maximum atomic E-state index is 9.34. The molecular formula is C10H13BrOS. The van der Waals surface area contributed by atoms with Gasteiger partial charge >= 0.3 is 0 Å². The molecule has 1 atom stereocenters. The third-order valence-electron chi connectivity index (χ3n) is 1.74. The van der Waals surface area contributed by atoms with Gasteiger partial charge in [-0.25, -0.2) is 0 Å². The first-order chi connectivity index (χ1) is 6.15. The molecule has 0 bridgehead atoms. The van der Waals surface area contributed by atoms with Gasteiger partial charge in [0.1, 0.15) is 0 Å². The first-order valence-electron chi connectivity index (χ1n) is 4.25. The molecule has 1 aromatic carbocycles. The van der Waals surface area contributed by atoms with Crippen molar-refractivity contribution >= 4 is 27.7 Å². The Morgan fingerprint density at radius 1 is 1.54 bits per heavy atom. The van der Waals surface area contributed by atoms with E-state index < -0.39 is 6.10 Å². The Kier molecular flexibility index (Phi) is 4.29. The van der Waals surface area contributed by atoms with E-state index in [1.807, 2.05) is 18.2 Å². The number of rotatable bonds is 3. The van der Waals surface area contributed by atoms with E-state index in [0.717, 1.165) is 15.8 Å². The zero-order chi connectivity index (χ0) is 9.84. The third-order valence-corrected chi connectivity index (χ3v) is 3.61. The normalized spacial score (nSPS) is 12.9. The Bertz CT molecular complexity index is 286. The molecule has 1 aromatic rings. The van der Waals surface area contributed by atoms with E-state index in [1.165, 1.54) is 4.90 Å². The largest absolute Gasteiger partial charge is 0.389 e. The Balaban J connectivity index is 2.92. The number of thioether (sulfide) groups is 1. The van der Waals surface area contributed by atoms with E-state index in [-0.39, 0.29) is 0 Å². The van der Waals surface area contributed by atoms with E-state index >= 15 is 0 Å². The van der Waals surface area contributed by atoms with E-state index in [9.17, 15) is 5.11 Å². The maximum absolute atomic E-state index is 9.34. The molecule has 72 valence electrons. The Labute approximate surface area is 91.7 Å². The van der Waals surface area contributed by atoms with Gasteiger partial charge in [-0.2, -0.15) is 0 Å². The lowest BCUT2D eigenvalue weighted by atomic mass is 10.1. The first kappa shape index (κ1) is 11.1. The summed E-state index contributed by atoms with van der Waals surface area (Å²) >= 11 is 5.28. The van der Waals surface area contributed by atoms with Crippen LogP contribution in [0, 0.1) is 0 Å². The number of hydrogen-bond donors (Lipinski definition) is 1. The molecule has 3 heteroatoms. The van der Waals surface area contributed by atoms with Crippen LogP contribution in [0.25, 0.3) is 0 Å². The summed E-state index contributed by atoms with van der Waals surface area (Å²) in [6, 6.07) is 5.98. The second-order valence-electron chi connectivity index (χ2n) is 2.80. The molecule has 0 saturated carbocycles. The fourth-order valence-corrected chi connectivity index (χ4v) is 2.46. The first-order valence-corrected chi connectivity index (χ1v) is 6.03. The van der Waals surface area contributed by atoms with E-state index in [2.05, 4.69) is 22.9 Å². The molecule has 0 aliphatic carbocycles. The fraction of sp³-hybridized carbons (Fsp3) is 0.400. The highest BCUT2D eigenvalue weighted by atomic mass is 79.9. The molecule has 1 N–H and O–H groups in total. The lowest BCUT2D eigenvalue weighted by Gasteiger charge is -2.07. The minimum absolute atomic E-state index is 0.392. The summed E-state index contributed by atoms with van der Waals surface area (Å²) in [6.45, 7) is 3.90. The van der Waals surface area contributed by atoms with Gasteiger partial charge in [-0.1, -0.05) is 13.0 Å². The molecule has 0 aliphatic rings. The Hall–Kier alpha value is 0.01000. The SMILES string of the molecule is CCSc1ccc(C(C)O)cc1Br. The number of halogens is 1. The molecule has 1 rings (SSSR count). The molecule has 1 nitrogen and oxygen atoms in total. The quantitative estimate of drug-likeness (QED) is 0.839. The van der Waals surface area contributed by atoms with Crippen molar-refractivity contribution in [3.05, 3.63) is 28.2 Å². The van der Waals surface area contributed by atoms with E-state index in [1.54, 1.807) is 18.7 Å². The van der Waals surface area contributed by atoms with Gasteiger partial charge in [-0.05, 0) is 46.3 Å². The predicted molar refractivity (Wildman–Crippen MR) is 61.2 cm³/mol. The van der Waals surface area contributed by atoms with Crippen LogP contribution in [0.1, 0.15) is 25.5 Å². The Morgan fingerprint density at radius 2 is 2.23 bits per heavy atom. The van der Waals surface area contributed by atoms with Gasteiger partial charge in [-0.15, -0.1) is 11.8 Å². The van der Waals surface area contributed by atoms with Crippen LogP contribution in [0.5, 0.6) is 0 Å². The predicted octanol–water partition coefficient (Wildman–Crippen LogP) is 3.61. The van der Waals surface area contributed by atoms with Crippen LogP contribution in [0.2, 0.25) is 0 Å². The van der Waals surface area contributed by atoms with Crippen molar-refractivity contribution in [1.29, 1.82) is 0 Å². The van der Waals surface area contributed by atoms with Gasteiger partial charge in [0.2, 0.25) is 0 Å². The summed E-state index contributed by atoms with van der Waals surface area (Å²) in [5, 5.41) is 9.34. The molecule has 13 heavy (non-hydrogen) atoms. The van der Waals surface area contributed by atoms with Crippen molar-refractivity contribution in [2.24, 2.45) is 0 Å². The minimum atomic E-state index is -0.392. The smallest absolute Gasteiger partial charge is 0.0762 e. The molecule has 0 heterocycles. The number of benzene rings is 1. The monoisotopic (exact) mass is 260 g/mol. The summed E-state index contributed by atoms with van der Waals surface area (Å²) in [7, 11) is 0. The van der Waals surface area contributed by atoms with Crippen LogP contribution in [0.3, 0.4) is 0 Å². The summed E-state index contributed by atoms with van der Waals surface area (Å²) in [5.41, 5.74) is 0.951. The maximum Gasteiger partial charge on any atom is 0.0762 e. The highest BCUT2D eigenvalue weighted by molar-refractivity contribution is 9.10. The zero-order valence-electron chi connectivity index (χ0n) is 7.75. The lowest BCUT2D eigenvalue weighted by Crippen LogP contribution is -1.90. The average Bonchev–Trinajstić information content (AvgIpc) is 2.08. The highest BCUT2D eigenvalue weighted by Gasteiger charge is 2.04. The summed E-state index contributed by atoms with van der Waals surface area (Å²) < 4.78 is 1.07. The standard InChI is InChI=1S/C10H13BrOS/c1-3-13-10-5-4-8(7(2)12)6-9(10)11/h4-7,12H,3H2,1-2H3. The van der Waals surface area contributed by atoms with Crippen molar-refractivity contribution in [2.45, 2.75) is 24.8 Å². The van der Waals surface area contributed by atoms with Gasteiger partial charge < -0.3 is 5.11 Å². The molecule has 1 unspecified atom stereocenters. The fourth-order valence-electron chi connectivity index (χ4n) is 1.05. The number of hydrogen-bond acceptors (Lipinski definition) is 2. The van der Waals surface area contributed by atoms with Crippen LogP contribution >= 0.6 is 27.7 Å². The van der Waals surface area contributed by atoms with Gasteiger partial charge in [-0.3, -0.25) is 0 Å². The van der Waals surface area contributed by atoms with E-state index in [4.69, 9.17) is 0 Å². The zero-order valence-corrected chi connectivity index (χ0v) is 10.2. The molecular weight excluding hydrogens is 248 g/mol. The summed E-state index contributed by atoms with van der Waals surface area (Å²) in [4.78, 5) is 1.23. The Morgan fingerprint density at radius 3 is 2.69 bits per heavy atom. The summed E-state index contributed by atoms with van der Waals surface area (Å²) in [5.74, 6) is 1.06. The van der Waals surface area contributed by atoms with Crippen LogP contribution in [-0.4, -0.2) is 10.9 Å². The van der Waals surface area contributed by atoms with Crippen molar-refractivity contribution < 1.29 is 5.11 Å². The van der Waals surface area contributed by atoms with Crippen molar-refractivity contribution in [3.63, 3.8) is 0 Å². The molecule has 0 radical (unpaired) electrons. The van der Waals surface area contributed by atoms with Crippen molar-refractivity contribution in [2.75, 3.05) is 5.75 Å². The topological polar surface area (TPSA) is 20.2 Å². The van der Waals surface area contributed by atoms with Crippen LogP contribution in [0.15, 0.2) is 27.6 Å².